The van der Waals surface area contributed by atoms with Crippen LogP contribution in [0.1, 0.15) is 5.56 Å². The van der Waals surface area contributed by atoms with Crippen LogP contribution < -0.4 is 10.6 Å². The molecule has 1 aromatic carbocycles. The number of anilines is 1. The summed E-state index contributed by atoms with van der Waals surface area (Å²) in [7, 11) is 0. The lowest BCUT2D eigenvalue weighted by molar-refractivity contribution is -0.113. The van der Waals surface area contributed by atoms with Crippen LogP contribution in [-0.2, 0) is 4.79 Å². The van der Waals surface area contributed by atoms with Gasteiger partial charge in [-0.2, -0.15) is 0 Å². The number of benzene rings is 1. The first kappa shape index (κ1) is 13.0. The van der Waals surface area contributed by atoms with Crippen LogP contribution in [-0.4, -0.2) is 11.9 Å². The number of carbonyl (C=O) groups is 2. The van der Waals surface area contributed by atoms with Crippen LogP contribution >= 0.6 is 11.3 Å². The van der Waals surface area contributed by atoms with Crippen molar-refractivity contribution < 1.29 is 9.59 Å². The third kappa shape index (κ3) is 3.29. The Morgan fingerprint density at radius 1 is 1.11 bits per heavy atom. The van der Waals surface area contributed by atoms with E-state index in [0.29, 0.717) is 5.00 Å². The van der Waals surface area contributed by atoms with Gasteiger partial charge in [0.05, 0.1) is 0 Å². The molecule has 5 heteroatoms. The zero-order chi connectivity index (χ0) is 13.7. The highest BCUT2D eigenvalue weighted by Crippen LogP contribution is 2.21. The van der Waals surface area contributed by atoms with E-state index in [-0.39, 0.29) is 0 Å². The molecule has 0 saturated heterocycles. The van der Waals surface area contributed by atoms with Crippen molar-refractivity contribution >= 4 is 34.4 Å². The summed E-state index contributed by atoms with van der Waals surface area (Å²) in [5, 5.41) is 2.29. The molecule has 0 radical (unpaired) electrons. The van der Waals surface area contributed by atoms with E-state index in [4.69, 9.17) is 5.73 Å². The van der Waals surface area contributed by atoms with Gasteiger partial charge in [-0.25, -0.2) is 9.69 Å². The second-order valence-electron chi connectivity index (χ2n) is 3.71. The van der Waals surface area contributed by atoms with Crippen molar-refractivity contribution in [1.29, 1.82) is 0 Å². The molecule has 0 aliphatic rings. The van der Waals surface area contributed by atoms with Gasteiger partial charge in [-0.05, 0) is 29.2 Å². The zero-order valence-electron chi connectivity index (χ0n) is 10.0. The molecule has 2 N–H and O–H groups in total. The SMILES string of the molecule is NC(=O)N(C(=O)/C=C/c1ccccc1)c1cccs1. The van der Waals surface area contributed by atoms with Crippen LogP contribution in [0.5, 0.6) is 0 Å². The molecule has 2 rings (SSSR count). The molecular weight excluding hydrogens is 260 g/mol. The first-order chi connectivity index (χ1) is 9.18. The molecule has 0 unspecified atom stereocenters. The summed E-state index contributed by atoms with van der Waals surface area (Å²) in [4.78, 5) is 24.3. The van der Waals surface area contributed by atoms with Gasteiger partial charge >= 0.3 is 6.03 Å². The van der Waals surface area contributed by atoms with Crippen molar-refractivity contribution in [2.45, 2.75) is 0 Å². The van der Waals surface area contributed by atoms with E-state index in [0.717, 1.165) is 10.5 Å². The molecule has 0 fully saturated rings. The fourth-order valence-electron chi connectivity index (χ4n) is 1.53. The van der Waals surface area contributed by atoms with E-state index in [1.807, 2.05) is 30.3 Å². The standard InChI is InChI=1S/C14H12N2O2S/c15-14(18)16(13-7-4-10-19-13)12(17)9-8-11-5-2-1-3-6-11/h1-10H,(H2,15,18)/b9-8+. The van der Waals surface area contributed by atoms with Crippen molar-refractivity contribution in [2.75, 3.05) is 4.90 Å². The highest BCUT2D eigenvalue weighted by Gasteiger charge is 2.19. The summed E-state index contributed by atoms with van der Waals surface area (Å²) in [6.45, 7) is 0. The van der Waals surface area contributed by atoms with Gasteiger partial charge in [0.15, 0.2) is 0 Å². The van der Waals surface area contributed by atoms with Crippen LogP contribution in [0.25, 0.3) is 6.08 Å². The lowest BCUT2D eigenvalue weighted by atomic mass is 10.2. The summed E-state index contributed by atoms with van der Waals surface area (Å²) in [5.41, 5.74) is 6.12. The predicted octanol–water partition coefficient (Wildman–Crippen LogP) is 2.87. The lowest BCUT2D eigenvalue weighted by Crippen LogP contribution is -2.39. The van der Waals surface area contributed by atoms with Crippen molar-refractivity contribution in [1.82, 2.24) is 0 Å². The molecule has 4 nitrogen and oxygen atoms in total. The Bertz CT molecular complexity index is 591. The molecule has 96 valence electrons. The number of thiophene rings is 1. The number of amides is 3. The highest BCUT2D eigenvalue weighted by molar-refractivity contribution is 7.14. The largest absolute Gasteiger partial charge is 0.351 e. The second kappa shape index (κ2) is 5.97. The molecular formula is C14H12N2O2S. The van der Waals surface area contributed by atoms with Gasteiger partial charge in [0.1, 0.15) is 5.00 Å². The Hall–Kier alpha value is -2.40. The van der Waals surface area contributed by atoms with E-state index in [9.17, 15) is 9.59 Å². The van der Waals surface area contributed by atoms with Gasteiger partial charge in [0, 0.05) is 6.08 Å². The van der Waals surface area contributed by atoms with Crippen molar-refractivity contribution in [3.05, 3.63) is 59.5 Å². The molecule has 0 aliphatic heterocycles. The van der Waals surface area contributed by atoms with Gasteiger partial charge in [-0.3, -0.25) is 4.79 Å². The molecule has 1 aromatic heterocycles. The minimum absolute atomic E-state index is 0.459. The van der Waals surface area contributed by atoms with E-state index < -0.39 is 11.9 Å². The van der Waals surface area contributed by atoms with Gasteiger partial charge < -0.3 is 5.73 Å². The second-order valence-corrected chi connectivity index (χ2v) is 4.63. The van der Waals surface area contributed by atoms with Crippen LogP contribution in [0.2, 0.25) is 0 Å². The van der Waals surface area contributed by atoms with Crippen molar-refractivity contribution in [3.63, 3.8) is 0 Å². The normalized spacial score (nSPS) is 10.5. The smallest absolute Gasteiger partial charge is 0.327 e. The molecule has 0 bridgehead atoms. The third-order valence-corrected chi connectivity index (χ3v) is 3.24. The first-order valence-corrected chi connectivity index (χ1v) is 6.46. The Morgan fingerprint density at radius 3 is 2.42 bits per heavy atom. The average molecular weight is 272 g/mol. The maximum atomic E-state index is 12.0. The minimum Gasteiger partial charge on any atom is -0.351 e. The molecule has 3 amide bonds. The van der Waals surface area contributed by atoms with Gasteiger partial charge in [-0.1, -0.05) is 30.3 Å². The summed E-state index contributed by atoms with van der Waals surface area (Å²) in [6, 6.07) is 12.0. The number of nitrogens with two attached hydrogens (primary N) is 1. The number of nitrogens with zero attached hydrogens (tertiary/aromatic N) is 1. The fraction of sp³-hybridized carbons (Fsp3) is 0. The number of imide groups is 1. The van der Waals surface area contributed by atoms with E-state index in [1.165, 1.54) is 17.4 Å². The average Bonchev–Trinajstić information content (AvgIpc) is 2.91. The predicted molar refractivity (Wildman–Crippen MR) is 76.9 cm³/mol. The summed E-state index contributed by atoms with van der Waals surface area (Å²) in [5.74, 6) is -0.459. The number of primary amides is 1. The third-order valence-electron chi connectivity index (χ3n) is 2.39. The van der Waals surface area contributed by atoms with Crippen LogP contribution in [0, 0.1) is 0 Å². The molecule has 1 heterocycles. The molecule has 0 aliphatic carbocycles. The number of hydrogen-bond donors (Lipinski definition) is 1. The molecule has 0 atom stereocenters. The summed E-state index contributed by atoms with van der Waals surface area (Å²) in [6.07, 6.45) is 2.98. The number of urea groups is 1. The molecule has 2 aromatic rings. The number of hydrogen-bond acceptors (Lipinski definition) is 3. The number of carbonyl (C=O) groups excluding carboxylic acids is 2. The molecule has 0 saturated carbocycles. The Morgan fingerprint density at radius 2 is 1.84 bits per heavy atom. The van der Waals surface area contributed by atoms with Crippen LogP contribution in [0.3, 0.4) is 0 Å². The Labute approximate surface area is 114 Å². The van der Waals surface area contributed by atoms with Crippen molar-refractivity contribution in [2.24, 2.45) is 5.73 Å². The fourth-order valence-corrected chi connectivity index (χ4v) is 2.27. The van der Waals surface area contributed by atoms with Crippen molar-refractivity contribution in [3.8, 4) is 0 Å². The lowest BCUT2D eigenvalue weighted by Gasteiger charge is -2.13. The maximum Gasteiger partial charge on any atom is 0.327 e. The molecule has 19 heavy (non-hydrogen) atoms. The van der Waals surface area contributed by atoms with E-state index in [1.54, 1.807) is 23.6 Å². The van der Waals surface area contributed by atoms with Crippen LogP contribution in [0.15, 0.2) is 53.9 Å². The highest BCUT2D eigenvalue weighted by atomic mass is 32.1. The number of rotatable bonds is 3. The zero-order valence-corrected chi connectivity index (χ0v) is 10.8. The van der Waals surface area contributed by atoms with Gasteiger partial charge in [0.2, 0.25) is 0 Å². The summed E-state index contributed by atoms with van der Waals surface area (Å²) < 4.78 is 0. The van der Waals surface area contributed by atoms with E-state index >= 15 is 0 Å². The first-order valence-electron chi connectivity index (χ1n) is 5.58. The topological polar surface area (TPSA) is 63.4 Å². The molecule has 0 spiro atoms. The quantitative estimate of drug-likeness (QED) is 0.873. The minimum atomic E-state index is -0.787. The van der Waals surface area contributed by atoms with E-state index in [2.05, 4.69) is 0 Å². The maximum absolute atomic E-state index is 12.0. The van der Waals surface area contributed by atoms with Crippen LogP contribution in [0.4, 0.5) is 9.80 Å². The Balaban J connectivity index is 2.18. The van der Waals surface area contributed by atoms with Gasteiger partial charge in [-0.15, -0.1) is 11.3 Å². The van der Waals surface area contributed by atoms with Gasteiger partial charge in [0.25, 0.3) is 5.91 Å². The monoisotopic (exact) mass is 272 g/mol. The summed E-state index contributed by atoms with van der Waals surface area (Å²) >= 11 is 1.28. The Kier molecular flexibility index (Phi) is 4.10.